The zero-order valence-electron chi connectivity index (χ0n) is 14.2. The third-order valence-corrected chi connectivity index (χ3v) is 3.85. The molecule has 0 aliphatic carbocycles. The van der Waals surface area contributed by atoms with E-state index < -0.39 is 0 Å². The summed E-state index contributed by atoms with van der Waals surface area (Å²) in [7, 11) is 0. The summed E-state index contributed by atoms with van der Waals surface area (Å²) in [5.74, 6) is 1.42. The average molecular weight is 293 g/mol. The molecular formula is C18H31NO2. The van der Waals surface area contributed by atoms with Crippen LogP contribution in [0.2, 0.25) is 0 Å². The molecule has 0 radical (unpaired) electrons. The van der Waals surface area contributed by atoms with E-state index in [1.54, 1.807) is 0 Å². The number of aryl methyl sites for hydroxylation is 1. The van der Waals surface area contributed by atoms with Crippen LogP contribution in [0.3, 0.4) is 0 Å². The predicted octanol–water partition coefficient (Wildman–Crippen LogP) is 3.64. The Morgan fingerprint density at radius 3 is 2.62 bits per heavy atom. The number of hydrogen-bond acceptors (Lipinski definition) is 3. The first-order chi connectivity index (χ1) is 9.91. The van der Waals surface area contributed by atoms with E-state index in [1.165, 1.54) is 11.1 Å². The first kappa shape index (κ1) is 18.0. The first-order valence-electron chi connectivity index (χ1n) is 8.01. The fourth-order valence-corrected chi connectivity index (χ4v) is 2.28. The van der Waals surface area contributed by atoms with Crippen LogP contribution < -0.4 is 10.1 Å². The number of hydrogen-bond donors (Lipinski definition) is 2. The minimum Gasteiger partial charge on any atom is -0.493 e. The van der Waals surface area contributed by atoms with Gasteiger partial charge in [-0.25, -0.2) is 0 Å². The lowest BCUT2D eigenvalue weighted by Gasteiger charge is -2.29. The molecule has 0 heterocycles. The van der Waals surface area contributed by atoms with Crippen LogP contribution in [0, 0.1) is 6.92 Å². The van der Waals surface area contributed by atoms with Crippen molar-refractivity contribution in [3.05, 3.63) is 29.3 Å². The average Bonchev–Trinajstić information content (AvgIpc) is 2.45. The van der Waals surface area contributed by atoms with Gasteiger partial charge in [0, 0.05) is 12.0 Å². The van der Waals surface area contributed by atoms with Crippen LogP contribution >= 0.6 is 0 Å². The molecular weight excluding hydrogens is 262 g/mol. The molecule has 0 aromatic heterocycles. The monoisotopic (exact) mass is 293 g/mol. The lowest BCUT2D eigenvalue weighted by Crippen LogP contribution is -2.47. The van der Waals surface area contributed by atoms with E-state index in [2.05, 4.69) is 51.2 Å². The van der Waals surface area contributed by atoms with E-state index in [0.29, 0.717) is 12.5 Å². The smallest absolute Gasteiger partial charge is 0.123 e. The minimum atomic E-state index is -0.266. The highest BCUT2D eigenvalue weighted by Gasteiger charge is 2.22. The van der Waals surface area contributed by atoms with Gasteiger partial charge in [-0.1, -0.05) is 32.9 Å². The molecule has 1 aromatic rings. The summed E-state index contributed by atoms with van der Waals surface area (Å²) in [5, 5.41) is 13.0. The van der Waals surface area contributed by atoms with Gasteiger partial charge in [0.25, 0.3) is 0 Å². The molecule has 1 aromatic carbocycles. The summed E-state index contributed by atoms with van der Waals surface area (Å²) in [5.41, 5.74) is 2.19. The quantitative estimate of drug-likeness (QED) is 0.730. The van der Waals surface area contributed by atoms with Gasteiger partial charge in [-0.2, -0.15) is 0 Å². The number of benzene rings is 1. The van der Waals surface area contributed by atoms with Gasteiger partial charge in [0.05, 0.1) is 13.2 Å². The third-order valence-electron chi connectivity index (χ3n) is 3.85. The zero-order chi connectivity index (χ0) is 15.9. The van der Waals surface area contributed by atoms with Crippen LogP contribution in [0.1, 0.15) is 57.6 Å². The molecule has 2 N–H and O–H groups in total. The lowest BCUT2D eigenvalue weighted by molar-refractivity contribution is 0.144. The van der Waals surface area contributed by atoms with Crippen molar-refractivity contribution in [1.29, 1.82) is 0 Å². The number of nitrogens with one attached hydrogen (secondary N) is 1. The SMILES string of the molecule is CCCNC(C)(CO)CCOc1cc(C)ccc1C(C)C. The van der Waals surface area contributed by atoms with Crippen molar-refractivity contribution in [2.24, 2.45) is 0 Å². The van der Waals surface area contributed by atoms with E-state index in [-0.39, 0.29) is 12.1 Å². The molecule has 1 unspecified atom stereocenters. The van der Waals surface area contributed by atoms with Gasteiger partial charge < -0.3 is 15.2 Å². The second-order valence-corrected chi connectivity index (χ2v) is 6.44. The summed E-state index contributed by atoms with van der Waals surface area (Å²) < 4.78 is 6.01. The Hall–Kier alpha value is -1.06. The molecule has 1 rings (SSSR count). The molecule has 0 saturated carbocycles. The van der Waals surface area contributed by atoms with Crippen LogP contribution in [0.5, 0.6) is 5.75 Å². The standard InChI is InChI=1S/C18H31NO2/c1-6-10-19-18(5,13-20)9-11-21-17-12-15(4)7-8-16(17)14(2)3/h7-8,12,14,19-20H,6,9-11,13H2,1-5H3. The minimum absolute atomic E-state index is 0.126. The molecule has 3 heteroatoms. The summed E-state index contributed by atoms with van der Waals surface area (Å²) >= 11 is 0. The van der Waals surface area contributed by atoms with Gasteiger partial charge in [-0.05, 0) is 49.9 Å². The molecule has 0 spiro atoms. The maximum absolute atomic E-state index is 9.58. The number of aliphatic hydroxyl groups is 1. The van der Waals surface area contributed by atoms with Crippen LogP contribution in [-0.2, 0) is 0 Å². The highest BCUT2D eigenvalue weighted by molar-refractivity contribution is 5.39. The van der Waals surface area contributed by atoms with E-state index in [0.717, 1.165) is 25.1 Å². The van der Waals surface area contributed by atoms with Gasteiger partial charge in [0.1, 0.15) is 5.75 Å². The van der Waals surface area contributed by atoms with E-state index in [9.17, 15) is 5.11 Å². The van der Waals surface area contributed by atoms with Crippen molar-refractivity contribution < 1.29 is 9.84 Å². The number of aliphatic hydroxyl groups excluding tert-OH is 1. The van der Waals surface area contributed by atoms with E-state index >= 15 is 0 Å². The van der Waals surface area contributed by atoms with E-state index in [1.807, 2.05) is 6.92 Å². The fraction of sp³-hybridized carbons (Fsp3) is 0.667. The van der Waals surface area contributed by atoms with Gasteiger partial charge in [0.2, 0.25) is 0 Å². The highest BCUT2D eigenvalue weighted by Crippen LogP contribution is 2.27. The summed E-state index contributed by atoms with van der Waals surface area (Å²) in [4.78, 5) is 0. The maximum atomic E-state index is 9.58. The number of rotatable bonds is 9. The Morgan fingerprint density at radius 2 is 2.05 bits per heavy atom. The molecule has 1 atom stereocenters. The van der Waals surface area contributed by atoms with Crippen molar-refractivity contribution in [3.8, 4) is 5.75 Å². The summed E-state index contributed by atoms with van der Waals surface area (Å²) in [6.07, 6.45) is 1.85. The van der Waals surface area contributed by atoms with Crippen molar-refractivity contribution >= 4 is 0 Å². The molecule has 120 valence electrons. The maximum Gasteiger partial charge on any atom is 0.123 e. The topological polar surface area (TPSA) is 41.5 Å². The first-order valence-corrected chi connectivity index (χ1v) is 8.01. The molecule has 21 heavy (non-hydrogen) atoms. The molecule has 0 aliphatic rings. The third kappa shape index (κ3) is 5.68. The molecule has 0 saturated heterocycles. The summed E-state index contributed by atoms with van der Waals surface area (Å²) in [6.45, 7) is 12.3. The molecule has 0 fully saturated rings. The van der Waals surface area contributed by atoms with Gasteiger partial charge in [0.15, 0.2) is 0 Å². The Balaban J connectivity index is 2.64. The fourth-order valence-electron chi connectivity index (χ4n) is 2.28. The predicted molar refractivity (Wildman–Crippen MR) is 89.2 cm³/mol. The van der Waals surface area contributed by atoms with E-state index in [4.69, 9.17) is 4.74 Å². The second-order valence-electron chi connectivity index (χ2n) is 6.44. The molecule has 0 bridgehead atoms. The Bertz CT molecular complexity index is 431. The number of ether oxygens (including phenoxy) is 1. The molecule has 3 nitrogen and oxygen atoms in total. The van der Waals surface area contributed by atoms with Crippen LogP contribution in [0.25, 0.3) is 0 Å². The highest BCUT2D eigenvalue weighted by atomic mass is 16.5. The van der Waals surface area contributed by atoms with Crippen LogP contribution in [-0.4, -0.2) is 30.4 Å². The Morgan fingerprint density at radius 1 is 1.33 bits per heavy atom. The normalized spacial score (nSPS) is 14.2. The van der Waals surface area contributed by atoms with Crippen molar-refractivity contribution in [2.75, 3.05) is 19.8 Å². The second kappa shape index (κ2) is 8.40. The zero-order valence-corrected chi connectivity index (χ0v) is 14.2. The summed E-state index contributed by atoms with van der Waals surface area (Å²) in [6, 6.07) is 6.38. The Kier molecular flexibility index (Phi) is 7.20. The Labute approximate surface area is 129 Å². The van der Waals surface area contributed by atoms with Crippen molar-refractivity contribution in [3.63, 3.8) is 0 Å². The van der Waals surface area contributed by atoms with Crippen molar-refractivity contribution in [1.82, 2.24) is 5.32 Å². The van der Waals surface area contributed by atoms with Gasteiger partial charge in [-0.3, -0.25) is 0 Å². The lowest BCUT2D eigenvalue weighted by atomic mass is 9.99. The van der Waals surface area contributed by atoms with Crippen LogP contribution in [0.4, 0.5) is 0 Å². The van der Waals surface area contributed by atoms with Gasteiger partial charge >= 0.3 is 0 Å². The largest absolute Gasteiger partial charge is 0.493 e. The van der Waals surface area contributed by atoms with Gasteiger partial charge in [-0.15, -0.1) is 0 Å². The van der Waals surface area contributed by atoms with Crippen LogP contribution in [0.15, 0.2) is 18.2 Å². The molecule has 0 aliphatic heterocycles. The molecule has 0 amide bonds. The van der Waals surface area contributed by atoms with Crippen molar-refractivity contribution in [2.45, 2.75) is 58.9 Å².